The Kier molecular flexibility index (Phi) is 6.99. The summed E-state index contributed by atoms with van der Waals surface area (Å²) in [5.74, 6) is -1.08. The van der Waals surface area contributed by atoms with E-state index in [0.29, 0.717) is 18.6 Å². The van der Waals surface area contributed by atoms with Crippen molar-refractivity contribution in [2.24, 2.45) is 5.92 Å². The van der Waals surface area contributed by atoms with Crippen LogP contribution in [0.15, 0.2) is 43.0 Å². The number of aliphatic hydroxyl groups excluding tert-OH is 2. The number of nitrogens with one attached hydrogen (secondary N) is 1. The fourth-order valence-electron chi connectivity index (χ4n) is 4.06. The molecule has 8 nitrogen and oxygen atoms in total. The van der Waals surface area contributed by atoms with Crippen LogP contribution in [0.1, 0.15) is 39.2 Å². The van der Waals surface area contributed by atoms with Crippen molar-refractivity contribution in [2.75, 3.05) is 5.32 Å². The average molecular weight is 528 g/mol. The number of alkyl halides is 6. The standard InChI is InChI=1S/C23H20F6N5O3/c1-11-4-17(20(37)18(11)35)32-21-15(8-30-10-31-21)19(36)16-2-3-34(33-16)9-12-5-13(22(24,25)26)7-14(6-12)23(27,28)29/h2-3,5-8,10-11,17-18,20,35,37H,1,4,9H2,(H,30,31,32)/t11-,17-,18-,20+/m1/s1. The quantitative estimate of drug-likeness (QED) is 0.332. The molecule has 4 atom stereocenters. The third-order valence-electron chi connectivity index (χ3n) is 5.95. The maximum absolute atomic E-state index is 13.1. The summed E-state index contributed by atoms with van der Waals surface area (Å²) in [5, 5.41) is 27.0. The highest BCUT2D eigenvalue weighted by Gasteiger charge is 2.40. The van der Waals surface area contributed by atoms with Crippen LogP contribution in [0.2, 0.25) is 0 Å². The number of hydrogen-bond acceptors (Lipinski definition) is 7. The van der Waals surface area contributed by atoms with Gasteiger partial charge in [0.05, 0.1) is 35.4 Å². The van der Waals surface area contributed by atoms with Crippen LogP contribution in [-0.2, 0) is 18.9 Å². The van der Waals surface area contributed by atoms with E-state index in [1.54, 1.807) is 0 Å². The van der Waals surface area contributed by atoms with E-state index in [0.717, 1.165) is 11.0 Å². The van der Waals surface area contributed by atoms with Gasteiger partial charge < -0.3 is 15.5 Å². The summed E-state index contributed by atoms with van der Waals surface area (Å²) in [7, 11) is 0. The Morgan fingerprint density at radius 3 is 2.30 bits per heavy atom. The number of aliphatic hydroxyl groups is 2. The maximum atomic E-state index is 13.1. The largest absolute Gasteiger partial charge is 0.416 e. The van der Waals surface area contributed by atoms with Gasteiger partial charge in [-0.15, -0.1) is 0 Å². The van der Waals surface area contributed by atoms with Gasteiger partial charge >= 0.3 is 12.4 Å². The summed E-state index contributed by atoms with van der Waals surface area (Å²) in [6, 6.07) is 1.80. The van der Waals surface area contributed by atoms with Crippen LogP contribution in [0.3, 0.4) is 0 Å². The van der Waals surface area contributed by atoms with Crippen molar-refractivity contribution >= 4 is 11.6 Å². The Hall–Kier alpha value is -3.52. The predicted molar refractivity (Wildman–Crippen MR) is 116 cm³/mol. The first-order valence-corrected chi connectivity index (χ1v) is 10.9. The smallest absolute Gasteiger partial charge is 0.390 e. The summed E-state index contributed by atoms with van der Waals surface area (Å²) in [5.41, 5.74) is -3.43. The fraction of sp³-hybridized carbons (Fsp3) is 0.348. The summed E-state index contributed by atoms with van der Waals surface area (Å²) in [4.78, 5) is 20.9. The van der Waals surface area contributed by atoms with E-state index in [-0.39, 0.29) is 28.7 Å². The molecule has 3 N–H and O–H groups in total. The van der Waals surface area contributed by atoms with Crippen molar-refractivity contribution in [1.82, 2.24) is 19.7 Å². The summed E-state index contributed by atoms with van der Waals surface area (Å²) in [6.07, 6.45) is -8.32. The molecule has 1 aliphatic carbocycles. The number of nitrogens with zero attached hydrogens (tertiary/aromatic N) is 4. The van der Waals surface area contributed by atoms with E-state index in [1.165, 1.54) is 18.5 Å². The maximum Gasteiger partial charge on any atom is 0.416 e. The topological polar surface area (TPSA) is 113 Å². The van der Waals surface area contributed by atoms with Crippen LogP contribution in [0, 0.1) is 12.8 Å². The first kappa shape index (κ1) is 26.5. The van der Waals surface area contributed by atoms with Crippen LogP contribution in [0.25, 0.3) is 0 Å². The Morgan fingerprint density at radius 1 is 1.08 bits per heavy atom. The Morgan fingerprint density at radius 2 is 1.73 bits per heavy atom. The number of carbonyl (C=O) groups excluding carboxylic acids is 1. The summed E-state index contributed by atoms with van der Waals surface area (Å²) < 4.78 is 79.9. The summed E-state index contributed by atoms with van der Waals surface area (Å²) in [6.45, 7) is 3.29. The van der Waals surface area contributed by atoms with Crippen LogP contribution < -0.4 is 5.32 Å². The van der Waals surface area contributed by atoms with E-state index in [4.69, 9.17) is 0 Å². The first-order chi connectivity index (χ1) is 17.2. The van der Waals surface area contributed by atoms with Gasteiger partial charge in [0.2, 0.25) is 5.78 Å². The van der Waals surface area contributed by atoms with Gasteiger partial charge in [0, 0.05) is 12.4 Å². The van der Waals surface area contributed by atoms with Crippen molar-refractivity contribution < 1.29 is 41.4 Å². The number of benzene rings is 1. The third kappa shape index (κ3) is 5.74. The number of ketones is 1. The van der Waals surface area contributed by atoms with Crippen molar-refractivity contribution in [3.05, 3.63) is 77.9 Å². The highest BCUT2D eigenvalue weighted by molar-refractivity contribution is 6.10. The lowest BCUT2D eigenvalue weighted by Gasteiger charge is -2.19. The molecule has 1 saturated carbocycles. The molecule has 0 spiro atoms. The zero-order valence-corrected chi connectivity index (χ0v) is 18.8. The minimum absolute atomic E-state index is 0.0303. The molecule has 0 bridgehead atoms. The van der Waals surface area contributed by atoms with Gasteiger partial charge in [0.15, 0.2) is 0 Å². The van der Waals surface area contributed by atoms with Gasteiger partial charge in [-0.3, -0.25) is 9.48 Å². The lowest BCUT2D eigenvalue weighted by molar-refractivity contribution is -0.143. The number of hydrogen-bond donors (Lipinski definition) is 3. The van der Waals surface area contributed by atoms with E-state index < -0.39 is 60.0 Å². The number of aromatic nitrogens is 4. The second kappa shape index (κ2) is 9.74. The molecule has 197 valence electrons. The number of rotatable bonds is 6. The fourth-order valence-corrected chi connectivity index (χ4v) is 4.06. The molecule has 1 radical (unpaired) electrons. The van der Waals surface area contributed by atoms with Gasteiger partial charge in [0.1, 0.15) is 23.9 Å². The molecule has 1 fully saturated rings. The molecule has 1 aromatic carbocycles. The Balaban J connectivity index is 1.57. The molecule has 0 aliphatic heterocycles. The molecule has 3 aromatic rings. The van der Waals surface area contributed by atoms with Gasteiger partial charge in [0.25, 0.3) is 0 Å². The van der Waals surface area contributed by atoms with E-state index in [2.05, 4.69) is 27.3 Å². The molecule has 0 amide bonds. The Labute approximate surface area is 206 Å². The zero-order valence-electron chi connectivity index (χ0n) is 18.8. The Bertz CT molecular complexity index is 1260. The zero-order chi connectivity index (χ0) is 27.1. The number of carbonyl (C=O) groups is 1. The second-order valence-electron chi connectivity index (χ2n) is 8.65. The van der Waals surface area contributed by atoms with Gasteiger partial charge in [-0.2, -0.15) is 31.4 Å². The van der Waals surface area contributed by atoms with Crippen molar-refractivity contribution in [1.29, 1.82) is 0 Å². The minimum Gasteiger partial charge on any atom is -0.390 e. The van der Waals surface area contributed by atoms with Crippen LogP contribution in [-0.4, -0.2) is 54.0 Å². The van der Waals surface area contributed by atoms with Crippen molar-refractivity contribution in [3.63, 3.8) is 0 Å². The van der Waals surface area contributed by atoms with Gasteiger partial charge in [-0.1, -0.05) is 0 Å². The van der Waals surface area contributed by atoms with Crippen LogP contribution in [0.4, 0.5) is 32.2 Å². The molecular weight excluding hydrogens is 508 g/mol. The monoisotopic (exact) mass is 528 g/mol. The third-order valence-corrected chi connectivity index (χ3v) is 5.95. The van der Waals surface area contributed by atoms with E-state index in [9.17, 15) is 41.4 Å². The molecular formula is C23H20F6N5O3. The molecule has 37 heavy (non-hydrogen) atoms. The molecule has 0 saturated heterocycles. The minimum atomic E-state index is -4.99. The van der Waals surface area contributed by atoms with Gasteiger partial charge in [-0.05, 0) is 49.1 Å². The van der Waals surface area contributed by atoms with Gasteiger partial charge in [-0.25, -0.2) is 9.97 Å². The lowest BCUT2D eigenvalue weighted by Crippen LogP contribution is -2.35. The SMILES string of the molecule is [CH2][C@@H]1C[C@@H](Nc2ncncc2C(=O)c2ccn(Cc3cc(C(F)(F)F)cc(C(F)(F)F)c3)n2)[C@H](O)[C@@H]1O. The molecule has 4 rings (SSSR count). The molecule has 2 heterocycles. The first-order valence-electron chi connectivity index (χ1n) is 10.9. The normalized spacial score (nSPS) is 22.3. The van der Waals surface area contributed by atoms with Crippen molar-refractivity contribution in [3.8, 4) is 0 Å². The predicted octanol–water partition coefficient (Wildman–Crippen LogP) is 3.35. The highest BCUT2D eigenvalue weighted by atomic mass is 19.4. The van der Waals surface area contributed by atoms with E-state index in [1.807, 2.05) is 0 Å². The lowest BCUT2D eigenvalue weighted by atomic mass is 10.0. The molecule has 14 heteroatoms. The summed E-state index contributed by atoms with van der Waals surface area (Å²) >= 11 is 0. The average Bonchev–Trinajstić information content (AvgIpc) is 3.38. The molecule has 1 aliphatic rings. The molecule has 0 unspecified atom stereocenters. The second-order valence-corrected chi connectivity index (χ2v) is 8.65. The van der Waals surface area contributed by atoms with Crippen LogP contribution in [0.5, 0.6) is 0 Å². The van der Waals surface area contributed by atoms with Crippen molar-refractivity contribution in [2.45, 2.75) is 43.6 Å². The highest BCUT2D eigenvalue weighted by Crippen LogP contribution is 2.36. The van der Waals surface area contributed by atoms with E-state index >= 15 is 0 Å². The number of halogens is 6. The number of anilines is 1. The van der Waals surface area contributed by atoms with Crippen LogP contribution >= 0.6 is 0 Å². The molecule has 2 aromatic heterocycles.